The summed E-state index contributed by atoms with van der Waals surface area (Å²) in [6, 6.07) is 18.8. The predicted molar refractivity (Wildman–Crippen MR) is 117 cm³/mol. The summed E-state index contributed by atoms with van der Waals surface area (Å²) in [5.41, 5.74) is 1.52. The third-order valence-electron chi connectivity index (χ3n) is 5.00. The molecule has 2 aromatic heterocycles. The highest BCUT2D eigenvalue weighted by molar-refractivity contribution is 9.10. The molecule has 2 heterocycles. The Hall–Kier alpha value is -2.90. The normalized spacial score (nSPS) is 12.2. The van der Waals surface area contributed by atoms with Crippen molar-refractivity contribution < 1.29 is 12.8 Å². The molecule has 0 saturated carbocycles. The lowest BCUT2D eigenvalue weighted by Crippen LogP contribution is -2.13. The number of fused-ring (bicyclic) bond motifs is 5. The van der Waals surface area contributed by atoms with Gasteiger partial charge in [0.15, 0.2) is 5.58 Å². The fraction of sp³-hybridized carbons (Fsp3) is 0.0455. The van der Waals surface area contributed by atoms with E-state index < -0.39 is 15.6 Å². The zero-order valence-electron chi connectivity index (χ0n) is 15.2. The molecule has 0 aliphatic heterocycles. The van der Waals surface area contributed by atoms with Crippen LogP contribution in [-0.4, -0.2) is 12.4 Å². The second kappa shape index (κ2) is 6.30. The van der Waals surface area contributed by atoms with E-state index in [1.54, 1.807) is 66.7 Å². The van der Waals surface area contributed by atoms with Crippen molar-refractivity contribution in [2.75, 3.05) is 0 Å². The van der Waals surface area contributed by atoms with Crippen molar-refractivity contribution >= 4 is 58.7 Å². The minimum absolute atomic E-state index is 0.167. The van der Waals surface area contributed by atoms with Gasteiger partial charge >= 0.3 is 5.63 Å². The molecule has 5 rings (SSSR count). The molecule has 0 unspecified atom stereocenters. The Balaban J connectivity index is 2.05. The van der Waals surface area contributed by atoms with Gasteiger partial charge in [-0.2, -0.15) is 0 Å². The third-order valence-corrected chi connectivity index (χ3v) is 7.22. The van der Waals surface area contributed by atoms with E-state index in [-0.39, 0.29) is 10.5 Å². The lowest BCUT2D eigenvalue weighted by atomic mass is 10.1. The first kappa shape index (κ1) is 18.1. The maximum Gasteiger partial charge on any atom is 0.344 e. The zero-order chi connectivity index (χ0) is 20.3. The summed E-state index contributed by atoms with van der Waals surface area (Å²) in [4.78, 5) is 12.7. The average Bonchev–Trinajstić information content (AvgIpc) is 3.03. The first-order chi connectivity index (χ1) is 13.9. The molecule has 144 valence electrons. The molecule has 0 fully saturated rings. The van der Waals surface area contributed by atoms with Gasteiger partial charge in [0.1, 0.15) is 5.52 Å². The Morgan fingerprint density at radius 3 is 2.31 bits per heavy atom. The van der Waals surface area contributed by atoms with Gasteiger partial charge in [-0.25, -0.2) is 17.2 Å². The highest BCUT2D eigenvalue weighted by Gasteiger charge is 2.26. The van der Waals surface area contributed by atoms with Crippen molar-refractivity contribution in [2.24, 2.45) is 0 Å². The number of rotatable bonds is 2. The van der Waals surface area contributed by atoms with Crippen LogP contribution in [-0.2, 0) is 10.0 Å². The van der Waals surface area contributed by atoms with E-state index in [0.717, 1.165) is 10.0 Å². The standard InChI is InChI=1S/C22H14BrNO4S/c1-13-6-9-15(10-7-13)29(26,27)24-19-11-8-14(23)12-18(19)21-20(24)16-4-2-3-5-17(16)22(25)28-21/h2-12H,1H3. The largest absolute Gasteiger partial charge is 0.420 e. The molecule has 0 bridgehead atoms. The fourth-order valence-corrected chi connectivity index (χ4v) is 5.51. The smallest absolute Gasteiger partial charge is 0.344 e. The Bertz CT molecular complexity index is 1600. The Morgan fingerprint density at radius 1 is 0.897 bits per heavy atom. The van der Waals surface area contributed by atoms with Crippen LogP contribution in [0.3, 0.4) is 0 Å². The minimum atomic E-state index is -3.94. The summed E-state index contributed by atoms with van der Waals surface area (Å²) < 4.78 is 35.0. The van der Waals surface area contributed by atoms with Crippen LogP contribution < -0.4 is 5.63 Å². The average molecular weight is 468 g/mol. The van der Waals surface area contributed by atoms with Crippen LogP contribution in [0.1, 0.15) is 5.56 Å². The molecule has 0 atom stereocenters. The van der Waals surface area contributed by atoms with Crippen LogP contribution in [0, 0.1) is 6.92 Å². The number of aryl methyl sites for hydroxylation is 1. The van der Waals surface area contributed by atoms with Crippen molar-refractivity contribution in [1.82, 2.24) is 3.97 Å². The number of aromatic nitrogens is 1. The Kier molecular flexibility index (Phi) is 3.94. The minimum Gasteiger partial charge on any atom is -0.420 e. The van der Waals surface area contributed by atoms with Crippen molar-refractivity contribution in [3.63, 3.8) is 0 Å². The lowest BCUT2D eigenvalue weighted by molar-refractivity contribution is 0.571. The van der Waals surface area contributed by atoms with Crippen molar-refractivity contribution in [3.05, 3.63) is 87.2 Å². The number of benzene rings is 3. The monoisotopic (exact) mass is 467 g/mol. The molecule has 3 aromatic carbocycles. The first-order valence-corrected chi connectivity index (χ1v) is 11.1. The van der Waals surface area contributed by atoms with Crippen LogP contribution >= 0.6 is 15.9 Å². The molecule has 0 saturated heterocycles. The van der Waals surface area contributed by atoms with E-state index >= 15 is 0 Å². The van der Waals surface area contributed by atoms with Crippen molar-refractivity contribution in [1.29, 1.82) is 0 Å². The molecule has 0 N–H and O–H groups in total. The van der Waals surface area contributed by atoms with Crippen molar-refractivity contribution in [2.45, 2.75) is 11.8 Å². The van der Waals surface area contributed by atoms with Gasteiger partial charge in [0.2, 0.25) is 0 Å². The molecule has 5 aromatic rings. The summed E-state index contributed by atoms with van der Waals surface area (Å²) in [6.07, 6.45) is 0. The highest BCUT2D eigenvalue weighted by Crippen LogP contribution is 2.36. The van der Waals surface area contributed by atoms with Gasteiger partial charge in [-0.3, -0.25) is 0 Å². The van der Waals surface area contributed by atoms with E-state index in [9.17, 15) is 13.2 Å². The molecular formula is C22H14BrNO4S. The molecule has 7 heteroatoms. The molecule has 0 aliphatic rings. The molecular weight excluding hydrogens is 454 g/mol. The molecule has 29 heavy (non-hydrogen) atoms. The maximum atomic E-state index is 13.7. The van der Waals surface area contributed by atoms with Gasteiger partial charge in [-0.1, -0.05) is 51.8 Å². The molecule has 0 spiro atoms. The first-order valence-electron chi connectivity index (χ1n) is 8.86. The number of hydrogen-bond acceptors (Lipinski definition) is 4. The summed E-state index contributed by atoms with van der Waals surface area (Å²) >= 11 is 3.42. The topological polar surface area (TPSA) is 69.3 Å². The van der Waals surface area contributed by atoms with Gasteiger partial charge in [-0.05, 0) is 43.3 Å². The summed E-state index contributed by atoms with van der Waals surface area (Å²) in [6.45, 7) is 1.90. The van der Waals surface area contributed by atoms with E-state index in [1.165, 1.54) is 3.97 Å². The van der Waals surface area contributed by atoms with E-state index in [1.807, 2.05) is 6.92 Å². The zero-order valence-corrected chi connectivity index (χ0v) is 17.6. The lowest BCUT2D eigenvalue weighted by Gasteiger charge is -2.10. The second-order valence-corrected chi connectivity index (χ2v) is 9.56. The predicted octanol–water partition coefficient (Wildman–Crippen LogP) is 5.21. The van der Waals surface area contributed by atoms with Crippen LogP contribution in [0.25, 0.3) is 32.8 Å². The van der Waals surface area contributed by atoms with Gasteiger partial charge in [0, 0.05) is 15.2 Å². The highest BCUT2D eigenvalue weighted by atomic mass is 79.9. The van der Waals surface area contributed by atoms with E-state index in [0.29, 0.717) is 27.2 Å². The van der Waals surface area contributed by atoms with Crippen LogP contribution in [0.4, 0.5) is 0 Å². The number of hydrogen-bond donors (Lipinski definition) is 0. The van der Waals surface area contributed by atoms with Gasteiger partial charge < -0.3 is 4.42 Å². The summed E-state index contributed by atoms with van der Waals surface area (Å²) in [7, 11) is -3.94. The molecule has 0 radical (unpaired) electrons. The quantitative estimate of drug-likeness (QED) is 0.357. The van der Waals surface area contributed by atoms with Gasteiger partial charge in [0.25, 0.3) is 10.0 Å². The number of nitrogens with zero attached hydrogens (tertiary/aromatic N) is 1. The molecule has 0 amide bonds. The van der Waals surface area contributed by atoms with Crippen LogP contribution in [0.2, 0.25) is 0 Å². The van der Waals surface area contributed by atoms with E-state index in [2.05, 4.69) is 15.9 Å². The molecule has 5 nitrogen and oxygen atoms in total. The summed E-state index contributed by atoms with van der Waals surface area (Å²) in [5, 5.41) is 1.41. The maximum absolute atomic E-state index is 13.7. The fourth-order valence-electron chi connectivity index (χ4n) is 3.62. The number of halogens is 1. The van der Waals surface area contributed by atoms with Crippen LogP contribution in [0.5, 0.6) is 0 Å². The summed E-state index contributed by atoms with van der Waals surface area (Å²) in [5.74, 6) is 0. The SMILES string of the molecule is Cc1ccc(S(=O)(=O)n2c3ccc(Br)cc3c3oc(=O)c4ccccc4c32)cc1. The second-order valence-electron chi connectivity index (χ2n) is 6.86. The van der Waals surface area contributed by atoms with E-state index in [4.69, 9.17) is 4.42 Å². The molecule has 0 aliphatic carbocycles. The van der Waals surface area contributed by atoms with Crippen LogP contribution in [0.15, 0.2) is 85.3 Å². The Labute approximate surface area is 174 Å². The van der Waals surface area contributed by atoms with Gasteiger partial charge in [-0.15, -0.1) is 0 Å². The Morgan fingerprint density at radius 2 is 1.59 bits per heavy atom. The third kappa shape index (κ3) is 2.65. The van der Waals surface area contributed by atoms with Crippen molar-refractivity contribution in [3.8, 4) is 0 Å². The van der Waals surface area contributed by atoms with Gasteiger partial charge in [0.05, 0.1) is 15.8 Å².